The Morgan fingerprint density at radius 1 is 0.962 bits per heavy atom. The molecule has 52 heavy (non-hydrogen) atoms. The van der Waals surface area contributed by atoms with Crippen molar-refractivity contribution >= 4 is 27.5 Å². The van der Waals surface area contributed by atoms with Crippen LogP contribution in [-0.4, -0.2) is 88.6 Å². The number of fused-ring (bicyclic) bond motifs is 1. The summed E-state index contributed by atoms with van der Waals surface area (Å²) in [6, 6.07) is 14.0. The highest BCUT2D eigenvalue weighted by Crippen LogP contribution is 2.53. The van der Waals surface area contributed by atoms with Gasteiger partial charge in [-0.05, 0) is 112 Å². The molecular formula is C39H47N5O7S. The number of aromatic nitrogens is 1. The average Bonchev–Trinajstić information content (AvgIpc) is 3.42. The second kappa shape index (κ2) is 15.5. The van der Waals surface area contributed by atoms with Crippen LogP contribution in [0.15, 0.2) is 59.6 Å². The molecule has 0 saturated carbocycles. The molecule has 1 atom stereocenters. The molecule has 12 nitrogen and oxygen atoms in total. The molecule has 2 amide bonds. The number of carbonyl (C=O) groups is 2. The van der Waals surface area contributed by atoms with Crippen molar-refractivity contribution in [2.24, 2.45) is 11.8 Å². The van der Waals surface area contributed by atoms with Crippen molar-refractivity contribution in [1.29, 1.82) is 5.26 Å². The number of likely N-dealkylation sites (tertiary alicyclic amines) is 2. The summed E-state index contributed by atoms with van der Waals surface area (Å²) >= 11 is 0. The van der Waals surface area contributed by atoms with E-state index < -0.39 is 21.3 Å². The third kappa shape index (κ3) is 6.70. The molecule has 3 aliphatic heterocycles. The van der Waals surface area contributed by atoms with Gasteiger partial charge in [-0.3, -0.25) is 9.59 Å². The molecule has 2 saturated heterocycles. The number of nitriles is 1. The smallest absolute Gasteiger partial charge is 0.274 e. The molecule has 0 bridgehead atoms. The van der Waals surface area contributed by atoms with Gasteiger partial charge in [0.2, 0.25) is 11.8 Å². The molecule has 3 aromatic rings. The van der Waals surface area contributed by atoms with Crippen LogP contribution in [0.4, 0.5) is 5.69 Å². The van der Waals surface area contributed by atoms with E-state index in [-0.39, 0.29) is 57.8 Å². The molecule has 2 fully saturated rings. The molecular weight excluding hydrogens is 683 g/mol. The van der Waals surface area contributed by atoms with Crippen molar-refractivity contribution in [1.82, 2.24) is 14.8 Å². The van der Waals surface area contributed by atoms with Crippen molar-refractivity contribution in [2.75, 3.05) is 57.9 Å². The number of amides is 2. The third-order valence-corrected chi connectivity index (χ3v) is 12.6. The first-order chi connectivity index (χ1) is 25.1. The highest BCUT2D eigenvalue weighted by molar-refractivity contribution is 7.93. The lowest BCUT2D eigenvalue weighted by Gasteiger charge is -2.41. The van der Waals surface area contributed by atoms with Crippen molar-refractivity contribution in [3.8, 4) is 23.4 Å². The molecule has 0 aliphatic carbocycles. The topological polar surface area (TPSA) is 142 Å². The van der Waals surface area contributed by atoms with Crippen LogP contribution >= 0.6 is 0 Å². The maximum Gasteiger partial charge on any atom is 0.274 e. The number of piperidine rings is 2. The number of benzene rings is 2. The zero-order valence-corrected chi connectivity index (χ0v) is 31.2. The number of sulfonamides is 1. The Morgan fingerprint density at radius 3 is 2.31 bits per heavy atom. The van der Waals surface area contributed by atoms with E-state index in [2.05, 4.69) is 22.9 Å². The van der Waals surface area contributed by atoms with Crippen molar-refractivity contribution in [3.63, 3.8) is 0 Å². The lowest BCUT2D eigenvalue weighted by atomic mass is 9.72. The lowest BCUT2D eigenvalue weighted by molar-refractivity contribution is -0.136. The number of ether oxygens (including phenoxy) is 3. The minimum atomic E-state index is -4.65. The van der Waals surface area contributed by atoms with E-state index in [9.17, 15) is 18.5 Å². The highest BCUT2D eigenvalue weighted by atomic mass is 32.2. The Balaban J connectivity index is 1.40. The highest BCUT2D eigenvalue weighted by Gasteiger charge is 2.59. The second-order valence-electron chi connectivity index (χ2n) is 13.7. The molecule has 0 radical (unpaired) electrons. The van der Waals surface area contributed by atoms with E-state index in [1.54, 1.807) is 24.0 Å². The Kier molecular flexibility index (Phi) is 11.1. The third-order valence-electron chi connectivity index (χ3n) is 10.9. The predicted octanol–water partition coefficient (Wildman–Crippen LogP) is 5.14. The van der Waals surface area contributed by atoms with Gasteiger partial charge in [0.1, 0.15) is 21.8 Å². The van der Waals surface area contributed by atoms with Gasteiger partial charge in [-0.2, -0.15) is 5.26 Å². The van der Waals surface area contributed by atoms with Crippen LogP contribution in [0.3, 0.4) is 0 Å². The van der Waals surface area contributed by atoms with Crippen molar-refractivity contribution in [2.45, 2.75) is 62.7 Å². The Labute approximate surface area is 306 Å². The van der Waals surface area contributed by atoms with Gasteiger partial charge in [0, 0.05) is 37.3 Å². The first-order valence-corrected chi connectivity index (χ1v) is 19.5. The zero-order chi connectivity index (χ0) is 37.0. The van der Waals surface area contributed by atoms with Crippen LogP contribution in [0.25, 0.3) is 0 Å². The number of methoxy groups -OCH3 is 2. The van der Waals surface area contributed by atoms with Crippen LogP contribution < -0.4 is 18.5 Å². The SMILES string of the molecule is CCCN1CCC(C2CCN(C(=O)CC3(c4cccnc4OCC)C(=O)N(S(=O)(=O)c4ccc(OC)cc4OC)c4ccc(C#N)cc43)CC2)CC1. The monoisotopic (exact) mass is 729 g/mol. The largest absolute Gasteiger partial charge is 0.497 e. The van der Waals surface area contributed by atoms with Gasteiger partial charge in [0.25, 0.3) is 15.9 Å². The summed E-state index contributed by atoms with van der Waals surface area (Å²) in [7, 11) is -1.87. The maximum atomic E-state index is 15.3. The predicted molar refractivity (Wildman–Crippen MR) is 195 cm³/mol. The number of carbonyl (C=O) groups excluding carboxylic acids is 2. The summed E-state index contributed by atoms with van der Waals surface area (Å²) in [6.07, 6.45) is 6.36. The molecule has 2 aromatic carbocycles. The van der Waals surface area contributed by atoms with Gasteiger partial charge in [0.15, 0.2) is 0 Å². The van der Waals surface area contributed by atoms with E-state index >= 15 is 4.79 Å². The van der Waals surface area contributed by atoms with E-state index in [1.165, 1.54) is 69.7 Å². The minimum absolute atomic E-state index is 0.0220. The lowest BCUT2D eigenvalue weighted by Crippen LogP contribution is -2.49. The number of nitrogens with zero attached hydrogens (tertiary/aromatic N) is 5. The van der Waals surface area contributed by atoms with Crippen molar-refractivity contribution in [3.05, 3.63) is 71.4 Å². The van der Waals surface area contributed by atoms with Gasteiger partial charge in [-0.1, -0.05) is 13.0 Å². The van der Waals surface area contributed by atoms with E-state index in [1.807, 2.05) is 0 Å². The van der Waals surface area contributed by atoms with Gasteiger partial charge in [-0.15, -0.1) is 0 Å². The summed E-state index contributed by atoms with van der Waals surface area (Å²) in [5, 5.41) is 9.99. The van der Waals surface area contributed by atoms with E-state index in [0.717, 1.165) is 43.2 Å². The number of anilines is 1. The van der Waals surface area contributed by atoms with Crippen LogP contribution in [0, 0.1) is 23.2 Å². The molecule has 13 heteroatoms. The fourth-order valence-electron chi connectivity index (χ4n) is 8.26. The van der Waals surface area contributed by atoms with Crippen LogP contribution in [-0.2, 0) is 25.0 Å². The van der Waals surface area contributed by atoms with Gasteiger partial charge in [0.05, 0.1) is 38.1 Å². The quantitative estimate of drug-likeness (QED) is 0.246. The Hall–Kier alpha value is -4.67. The average molecular weight is 730 g/mol. The van der Waals surface area contributed by atoms with Crippen LogP contribution in [0.2, 0.25) is 0 Å². The standard InChI is InChI=1S/C39H47N5O7S/c1-5-18-42-19-13-28(14-20-42)29-15-21-43(22-16-29)36(45)25-39(31-8-7-17-41-37(31)51-6-2)32-23-27(26-40)9-11-33(32)44(38(39)46)52(47,48)35-12-10-30(49-3)24-34(35)50-4/h7-12,17,23-24,28-29H,5-6,13-16,18-22,25H2,1-4H3. The van der Waals surface area contributed by atoms with E-state index in [4.69, 9.17) is 14.2 Å². The second-order valence-corrected chi connectivity index (χ2v) is 15.5. The molecule has 6 rings (SSSR count). The van der Waals surface area contributed by atoms with Gasteiger partial charge >= 0.3 is 0 Å². The molecule has 0 spiro atoms. The first kappa shape index (κ1) is 37.1. The molecule has 276 valence electrons. The summed E-state index contributed by atoms with van der Waals surface area (Å²) in [5.41, 5.74) is -1.18. The Morgan fingerprint density at radius 2 is 1.67 bits per heavy atom. The number of hydrogen-bond donors (Lipinski definition) is 0. The first-order valence-electron chi connectivity index (χ1n) is 18.1. The normalized spacial score (nSPS) is 20.0. The van der Waals surface area contributed by atoms with Crippen molar-refractivity contribution < 1.29 is 32.2 Å². The zero-order valence-electron chi connectivity index (χ0n) is 30.3. The Bertz CT molecular complexity index is 1950. The number of rotatable bonds is 12. The van der Waals surface area contributed by atoms with Gasteiger partial charge < -0.3 is 24.0 Å². The minimum Gasteiger partial charge on any atom is -0.497 e. The number of hydrogen-bond acceptors (Lipinski definition) is 10. The number of pyridine rings is 1. The molecule has 1 aromatic heterocycles. The fourth-order valence-corrected chi connectivity index (χ4v) is 9.89. The summed E-state index contributed by atoms with van der Waals surface area (Å²) in [4.78, 5) is 38.3. The van der Waals surface area contributed by atoms with E-state index in [0.29, 0.717) is 30.7 Å². The fraction of sp³-hybridized carbons (Fsp3) is 0.487. The molecule has 0 N–H and O–H groups in total. The van der Waals surface area contributed by atoms with Crippen LogP contribution in [0.1, 0.15) is 69.1 Å². The molecule has 3 aliphatic rings. The summed E-state index contributed by atoms with van der Waals surface area (Å²) < 4.78 is 46.8. The summed E-state index contributed by atoms with van der Waals surface area (Å²) in [6.45, 7) is 8.65. The van der Waals surface area contributed by atoms with Crippen LogP contribution in [0.5, 0.6) is 17.4 Å². The molecule has 1 unspecified atom stereocenters. The summed E-state index contributed by atoms with van der Waals surface area (Å²) in [5.74, 6) is 0.445. The maximum absolute atomic E-state index is 15.3. The molecule has 4 heterocycles. The van der Waals surface area contributed by atoms with Gasteiger partial charge in [-0.25, -0.2) is 17.7 Å².